The van der Waals surface area contributed by atoms with E-state index in [4.69, 9.17) is 14.2 Å². The molecule has 6 nitrogen and oxygen atoms in total. The predicted octanol–water partition coefficient (Wildman–Crippen LogP) is 5.00. The first-order chi connectivity index (χ1) is 16.7. The quantitative estimate of drug-likeness (QED) is 0.480. The van der Waals surface area contributed by atoms with Crippen LogP contribution in [-0.4, -0.2) is 45.4 Å². The minimum Gasteiger partial charge on any atom is -0.493 e. The second-order valence-corrected chi connectivity index (χ2v) is 8.37. The molecule has 0 amide bonds. The van der Waals surface area contributed by atoms with Gasteiger partial charge in [-0.15, -0.1) is 0 Å². The van der Waals surface area contributed by atoms with E-state index in [1.54, 1.807) is 21.3 Å². The van der Waals surface area contributed by atoms with Gasteiger partial charge in [-0.3, -0.25) is 4.98 Å². The Kier molecular flexibility index (Phi) is 7.85. The monoisotopic (exact) mass is 465 g/mol. The Hall–Kier alpha value is -3.32. The van der Waals surface area contributed by atoms with Gasteiger partial charge in [0.25, 0.3) is 0 Å². The normalized spacial score (nSPS) is 14.0. The van der Waals surface area contributed by atoms with E-state index in [1.807, 2.05) is 48.7 Å². The summed E-state index contributed by atoms with van der Waals surface area (Å²) < 4.78 is 29.6. The average molecular weight is 466 g/mol. The first kappa shape index (κ1) is 23.8. The average Bonchev–Trinajstić information content (AvgIpc) is 2.91. The van der Waals surface area contributed by atoms with E-state index in [0.29, 0.717) is 28.9 Å². The number of alkyl halides is 1. The molecule has 180 valence electrons. The standard InChI is InChI=1S/C27H32FN3O3/c1-32-25-15-21(16-26(33-2)27(25)34-3)24-14-20(8-13-30-24)18-31(23-9-11-29-12-10-23)22-6-4-19(17-28)5-7-22/h4-8,13-16,23,29H,9-12,17-18H2,1-3H3. The van der Waals surface area contributed by atoms with Gasteiger partial charge in [-0.05, 0) is 73.5 Å². The maximum Gasteiger partial charge on any atom is 0.203 e. The lowest BCUT2D eigenvalue weighted by Gasteiger charge is -2.36. The third-order valence-electron chi connectivity index (χ3n) is 6.31. The fourth-order valence-electron chi connectivity index (χ4n) is 4.48. The highest BCUT2D eigenvalue weighted by atomic mass is 19.1. The number of nitrogens with zero attached hydrogens (tertiary/aromatic N) is 2. The van der Waals surface area contributed by atoms with Crippen molar-refractivity contribution in [2.75, 3.05) is 39.3 Å². The number of piperidine rings is 1. The minimum absolute atomic E-state index is 0.412. The van der Waals surface area contributed by atoms with E-state index in [9.17, 15) is 4.39 Å². The third-order valence-corrected chi connectivity index (χ3v) is 6.31. The summed E-state index contributed by atoms with van der Waals surface area (Å²) in [5, 5.41) is 3.44. The first-order valence-electron chi connectivity index (χ1n) is 11.5. The summed E-state index contributed by atoms with van der Waals surface area (Å²) in [7, 11) is 4.81. The summed E-state index contributed by atoms with van der Waals surface area (Å²) in [6.07, 6.45) is 3.96. The fourth-order valence-corrected chi connectivity index (χ4v) is 4.48. The molecular weight excluding hydrogens is 433 g/mol. The number of methoxy groups -OCH3 is 3. The Labute approximate surface area is 200 Å². The molecule has 7 heteroatoms. The zero-order valence-corrected chi connectivity index (χ0v) is 20.0. The molecule has 0 radical (unpaired) electrons. The summed E-state index contributed by atoms with van der Waals surface area (Å²) >= 11 is 0. The Morgan fingerprint density at radius 2 is 1.59 bits per heavy atom. The van der Waals surface area contributed by atoms with Crippen LogP contribution in [0.2, 0.25) is 0 Å². The molecule has 1 saturated heterocycles. The number of anilines is 1. The van der Waals surface area contributed by atoms with E-state index in [1.165, 1.54) is 0 Å². The summed E-state index contributed by atoms with van der Waals surface area (Å²) in [4.78, 5) is 7.04. The lowest BCUT2D eigenvalue weighted by Crippen LogP contribution is -2.43. The predicted molar refractivity (Wildman–Crippen MR) is 133 cm³/mol. The number of benzene rings is 2. The van der Waals surface area contributed by atoms with Crippen molar-refractivity contribution >= 4 is 5.69 Å². The number of rotatable bonds is 9. The van der Waals surface area contributed by atoms with Crippen LogP contribution in [0.5, 0.6) is 17.2 Å². The van der Waals surface area contributed by atoms with Crippen molar-refractivity contribution in [3.05, 3.63) is 65.9 Å². The van der Waals surface area contributed by atoms with Crippen molar-refractivity contribution in [3.8, 4) is 28.5 Å². The van der Waals surface area contributed by atoms with Crippen molar-refractivity contribution < 1.29 is 18.6 Å². The Balaban J connectivity index is 1.66. The van der Waals surface area contributed by atoms with Crippen LogP contribution >= 0.6 is 0 Å². The number of nitrogens with one attached hydrogen (secondary N) is 1. The summed E-state index contributed by atoms with van der Waals surface area (Å²) in [6.45, 7) is 2.28. The molecule has 0 unspecified atom stereocenters. The number of hydrogen-bond donors (Lipinski definition) is 1. The van der Waals surface area contributed by atoms with Gasteiger partial charge in [0.2, 0.25) is 5.75 Å². The number of halogens is 1. The second-order valence-electron chi connectivity index (χ2n) is 8.37. The molecule has 0 bridgehead atoms. The molecule has 0 atom stereocenters. The first-order valence-corrected chi connectivity index (χ1v) is 11.5. The summed E-state index contributed by atoms with van der Waals surface area (Å²) in [5.74, 6) is 1.74. The van der Waals surface area contributed by atoms with Crippen LogP contribution in [0.1, 0.15) is 24.0 Å². The second kappa shape index (κ2) is 11.2. The van der Waals surface area contributed by atoms with Gasteiger partial charge in [0.05, 0.1) is 27.0 Å². The molecule has 1 fully saturated rings. The molecule has 1 aromatic heterocycles. The fraction of sp³-hybridized carbons (Fsp3) is 0.370. The number of aromatic nitrogens is 1. The van der Waals surface area contributed by atoms with Crippen LogP contribution in [0.3, 0.4) is 0 Å². The van der Waals surface area contributed by atoms with Crippen LogP contribution < -0.4 is 24.4 Å². The van der Waals surface area contributed by atoms with Crippen LogP contribution in [0, 0.1) is 0 Å². The Morgan fingerprint density at radius 3 is 2.18 bits per heavy atom. The smallest absolute Gasteiger partial charge is 0.203 e. The number of hydrogen-bond acceptors (Lipinski definition) is 6. The van der Waals surface area contributed by atoms with Crippen LogP contribution in [0.25, 0.3) is 11.3 Å². The highest BCUT2D eigenvalue weighted by Gasteiger charge is 2.22. The van der Waals surface area contributed by atoms with Gasteiger partial charge in [0.1, 0.15) is 6.67 Å². The van der Waals surface area contributed by atoms with Gasteiger partial charge in [-0.2, -0.15) is 0 Å². The maximum absolute atomic E-state index is 13.1. The molecule has 34 heavy (non-hydrogen) atoms. The summed E-state index contributed by atoms with van der Waals surface area (Å²) in [6, 6.07) is 16.2. The molecule has 1 aliphatic heterocycles. The van der Waals surface area contributed by atoms with Gasteiger partial charge < -0.3 is 24.4 Å². The van der Waals surface area contributed by atoms with Crippen LogP contribution in [0.4, 0.5) is 10.1 Å². The highest BCUT2D eigenvalue weighted by Crippen LogP contribution is 2.41. The van der Waals surface area contributed by atoms with Gasteiger partial charge in [0, 0.05) is 30.0 Å². The molecule has 2 aromatic carbocycles. The van der Waals surface area contributed by atoms with Gasteiger partial charge in [-0.25, -0.2) is 4.39 Å². The van der Waals surface area contributed by atoms with Gasteiger partial charge >= 0.3 is 0 Å². The molecule has 1 aliphatic rings. The van der Waals surface area contributed by atoms with E-state index >= 15 is 0 Å². The molecule has 1 N–H and O–H groups in total. The van der Waals surface area contributed by atoms with Crippen LogP contribution in [-0.2, 0) is 13.2 Å². The van der Waals surface area contributed by atoms with E-state index in [0.717, 1.165) is 55.0 Å². The Morgan fingerprint density at radius 1 is 0.912 bits per heavy atom. The van der Waals surface area contributed by atoms with Crippen molar-refractivity contribution in [3.63, 3.8) is 0 Å². The Bertz CT molecular complexity index is 1060. The van der Waals surface area contributed by atoms with Gasteiger partial charge in [0.15, 0.2) is 11.5 Å². The molecule has 2 heterocycles. The molecule has 4 rings (SSSR count). The highest BCUT2D eigenvalue weighted by molar-refractivity contribution is 5.69. The van der Waals surface area contributed by atoms with Crippen molar-refractivity contribution in [2.45, 2.75) is 32.1 Å². The summed E-state index contributed by atoms with van der Waals surface area (Å²) in [5.41, 5.74) is 4.66. The molecule has 3 aromatic rings. The number of ether oxygens (including phenoxy) is 3. The van der Waals surface area contributed by atoms with E-state index in [-0.39, 0.29) is 0 Å². The molecule has 0 saturated carbocycles. The largest absolute Gasteiger partial charge is 0.493 e. The minimum atomic E-state index is -0.448. The topological polar surface area (TPSA) is 55.9 Å². The lowest BCUT2D eigenvalue weighted by molar-refractivity contribution is 0.324. The molecule has 0 spiro atoms. The van der Waals surface area contributed by atoms with Crippen LogP contribution in [0.15, 0.2) is 54.7 Å². The maximum atomic E-state index is 13.1. The molecule has 0 aliphatic carbocycles. The molecular formula is C27H32FN3O3. The third kappa shape index (κ3) is 5.25. The zero-order chi connectivity index (χ0) is 23.9. The van der Waals surface area contributed by atoms with Crippen molar-refractivity contribution in [1.82, 2.24) is 10.3 Å². The lowest BCUT2D eigenvalue weighted by atomic mass is 10.0. The van der Waals surface area contributed by atoms with Crippen molar-refractivity contribution in [2.24, 2.45) is 0 Å². The van der Waals surface area contributed by atoms with E-state index in [2.05, 4.69) is 21.3 Å². The van der Waals surface area contributed by atoms with Crippen molar-refractivity contribution in [1.29, 1.82) is 0 Å². The van der Waals surface area contributed by atoms with Gasteiger partial charge in [-0.1, -0.05) is 12.1 Å². The SMILES string of the molecule is COc1cc(-c2cc(CN(c3ccc(CF)cc3)C3CCNCC3)ccn2)cc(OC)c1OC. The zero-order valence-electron chi connectivity index (χ0n) is 20.0. The number of pyridine rings is 1. The van der Waals surface area contributed by atoms with E-state index < -0.39 is 6.67 Å².